The number of nitrogens with one attached hydrogen (secondary N) is 2. The lowest BCUT2D eigenvalue weighted by molar-refractivity contribution is 0.201. The average molecular weight is 204 g/mol. The maximum absolute atomic E-state index is 4.54. The van der Waals surface area contributed by atoms with Crippen molar-refractivity contribution in [3.8, 4) is 0 Å². The molecule has 4 rings (SSSR count). The minimum absolute atomic E-state index is 0.151. The van der Waals surface area contributed by atoms with E-state index in [0.29, 0.717) is 11.8 Å². The predicted octanol–water partition coefficient (Wildman–Crippen LogP) is 0.852. The second kappa shape index (κ2) is 2.06. The maximum Gasteiger partial charge on any atom is 0.0654 e. The smallest absolute Gasteiger partial charge is 0.0654 e. The molecule has 0 aromatic rings. The van der Waals surface area contributed by atoms with Crippen LogP contribution in [0.25, 0.3) is 0 Å². The van der Waals surface area contributed by atoms with Gasteiger partial charge in [-0.1, -0.05) is 0 Å². The summed E-state index contributed by atoms with van der Waals surface area (Å²) in [6, 6.07) is 0. The molecule has 4 atom stereocenters. The summed E-state index contributed by atoms with van der Waals surface area (Å²) in [5.74, 6) is 1.30. The summed E-state index contributed by atoms with van der Waals surface area (Å²) in [5.41, 5.74) is 9.71. The summed E-state index contributed by atoms with van der Waals surface area (Å²) in [7, 11) is 0. The van der Waals surface area contributed by atoms with Crippen molar-refractivity contribution in [3.63, 3.8) is 0 Å². The van der Waals surface area contributed by atoms with Crippen LogP contribution in [0, 0.1) is 11.8 Å². The van der Waals surface area contributed by atoms with Crippen molar-refractivity contribution in [2.45, 2.75) is 44.2 Å². The van der Waals surface area contributed by atoms with Gasteiger partial charge in [-0.15, -0.1) is 0 Å². The summed E-state index contributed by atoms with van der Waals surface area (Å²) in [4.78, 5) is 0. The van der Waals surface area contributed by atoms with E-state index in [1.165, 1.54) is 17.8 Å². The van der Waals surface area contributed by atoms with E-state index in [1.54, 1.807) is 0 Å². The molecule has 2 fully saturated rings. The Morgan fingerprint density at radius 2 is 1.47 bits per heavy atom. The van der Waals surface area contributed by atoms with Gasteiger partial charge in [0, 0.05) is 36.1 Å². The third-order valence-electron chi connectivity index (χ3n) is 4.82. The number of hydrazone groups is 2. The summed E-state index contributed by atoms with van der Waals surface area (Å²) in [5, 5.41) is 9.09. The Labute approximate surface area is 89.2 Å². The quantitative estimate of drug-likeness (QED) is 0.614. The molecule has 4 nitrogen and oxygen atoms in total. The van der Waals surface area contributed by atoms with Gasteiger partial charge in [-0.05, 0) is 20.3 Å². The second-order valence-electron chi connectivity index (χ2n) is 5.96. The van der Waals surface area contributed by atoms with Crippen molar-refractivity contribution in [2.24, 2.45) is 22.0 Å². The van der Waals surface area contributed by atoms with Gasteiger partial charge in [-0.2, -0.15) is 10.2 Å². The summed E-state index contributed by atoms with van der Waals surface area (Å²) < 4.78 is 0. The normalized spacial score (nSPS) is 54.3. The van der Waals surface area contributed by atoms with Gasteiger partial charge in [0.2, 0.25) is 0 Å². The monoisotopic (exact) mass is 204 g/mol. The van der Waals surface area contributed by atoms with Gasteiger partial charge in [-0.3, -0.25) is 0 Å². The van der Waals surface area contributed by atoms with Crippen molar-refractivity contribution >= 4 is 11.4 Å². The highest BCUT2D eigenvalue weighted by atomic mass is 15.4. The van der Waals surface area contributed by atoms with E-state index in [9.17, 15) is 0 Å². The van der Waals surface area contributed by atoms with Crippen molar-refractivity contribution in [2.75, 3.05) is 0 Å². The molecule has 2 N–H and O–H groups in total. The van der Waals surface area contributed by atoms with Gasteiger partial charge in [-0.25, -0.2) is 0 Å². The second-order valence-corrected chi connectivity index (χ2v) is 5.96. The lowest BCUT2D eigenvalue weighted by atomic mass is 9.57. The van der Waals surface area contributed by atoms with E-state index in [0.717, 1.165) is 12.8 Å². The molecule has 2 bridgehead atoms. The minimum Gasteiger partial charge on any atom is -0.303 e. The number of hydrogen-bond donors (Lipinski definition) is 2. The highest BCUT2D eigenvalue weighted by Crippen LogP contribution is 2.50. The average Bonchev–Trinajstić information content (AvgIpc) is 2.70. The Morgan fingerprint density at radius 1 is 1.00 bits per heavy atom. The largest absolute Gasteiger partial charge is 0.303 e. The van der Waals surface area contributed by atoms with Gasteiger partial charge in [0.15, 0.2) is 0 Å². The Kier molecular flexibility index (Phi) is 1.12. The summed E-state index contributed by atoms with van der Waals surface area (Å²) in [6.45, 7) is 4.57. The molecule has 2 aliphatic heterocycles. The van der Waals surface area contributed by atoms with E-state index >= 15 is 0 Å². The Bertz CT molecular complexity index is 375. The molecular weight excluding hydrogens is 188 g/mol. The first kappa shape index (κ1) is 8.13. The van der Waals surface area contributed by atoms with Crippen LogP contribution in [-0.4, -0.2) is 22.5 Å². The first-order valence-corrected chi connectivity index (χ1v) is 5.78. The van der Waals surface area contributed by atoms with Crippen LogP contribution in [0.4, 0.5) is 0 Å². The molecule has 0 spiro atoms. The Balaban J connectivity index is 1.88. The third kappa shape index (κ3) is 0.767. The molecule has 2 heterocycles. The molecule has 0 unspecified atom stereocenters. The van der Waals surface area contributed by atoms with Gasteiger partial charge in [0.1, 0.15) is 0 Å². The predicted molar refractivity (Wildman–Crippen MR) is 58.8 cm³/mol. The van der Waals surface area contributed by atoms with E-state index in [2.05, 4.69) is 34.9 Å². The fraction of sp³-hybridized carbons (Fsp3) is 0.818. The zero-order valence-electron chi connectivity index (χ0n) is 9.17. The van der Waals surface area contributed by atoms with Crippen LogP contribution in [0.3, 0.4) is 0 Å². The van der Waals surface area contributed by atoms with E-state index < -0.39 is 0 Å². The molecular formula is C11H16N4. The fourth-order valence-electron chi connectivity index (χ4n) is 3.88. The SMILES string of the molecule is C[C@]12CC3=NN[C@@]4(C)CC(=NN1)[C@H]2C[C@H]34. The van der Waals surface area contributed by atoms with Crippen LogP contribution in [0.5, 0.6) is 0 Å². The van der Waals surface area contributed by atoms with E-state index in [4.69, 9.17) is 0 Å². The topological polar surface area (TPSA) is 48.8 Å². The standard InChI is InChI=1S/C11H16N4/c1-10-4-8-7-3-6(10)9(12-14-10)5-11(7,2)15-13-8/h6-7,14-15H,3-5H2,1-2H3/t6-,7-,10-,11+/m1/s1. The highest BCUT2D eigenvalue weighted by Gasteiger charge is 2.59. The maximum atomic E-state index is 4.54. The number of hydrogen-bond acceptors (Lipinski definition) is 4. The van der Waals surface area contributed by atoms with Crippen LogP contribution >= 0.6 is 0 Å². The highest BCUT2D eigenvalue weighted by molar-refractivity contribution is 6.00. The van der Waals surface area contributed by atoms with Crippen molar-refractivity contribution in [1.82, 2.24) is 10.9 Å². The molecule has 0 radical (unpaired) electrons. The Morgan fingerprint density at radius 3 is 1.93 bits per heavy atom. The first-order chi connectivity index (χ1) is 7.11. The molecule has 2 saturated carbocycles. The zero-order chi connectivity index (χ0) is 10.3. The fourth-order valence-corrected chi connectivity index (χ4v) is 3.88. The van der Waals surface area contributed by atoms with Gasteiger partial charge < -0.3 is 10.9 Å². The van der Waals surface area contributed by atoms with Crippen molar-refractivity contribution in [3.05, 3.63) is 0 Å². The summed E-state index contributed by atoms with van der Waals surface area (Å²) in [6.07, 6.45) is 3.33. The Hall–Kier alpha value is -1.06. The van der Waals surface area contributed by atoms with Crippen LogP contribution in [0.1, 0.15) is 33.1 Å². The molecule has 2 aliphatic carbocycles. The molecule has 4 aliphatic rings. The molecule has 0 amide bonds. The lowest BCUT2D eigenvalue weighted by Crippen LogP contribution is -2.59. The molecule has 0 aromatic heterocycles. The molecule has 15 heavy (non-hydrogen) atoms. The van der Waals surface area contributed by atoms with Crippen LogP contribution in [-0.2, 0) is 0 Å². The lowest BCUT2D eigenvalue weighted by Gasteiger charge is -2.47. The summed E-state index contributed by atoms with van der Waals surface area (Å²) >= 11 is 0. The van der Waals surface area contributed by atoms with Gasteiger partial charge >= 0.3 is 0 Å². The minimum atomic E-state index is 0.151. The molecule has 0 aromatic carbocycles. The number of nitrogens with zero attached hydrogens (tertiary/aromatic N) is 2. The van der Waals surface area contributed by atoms with Crippen LogP contribution < -0.4 is 10.9 Å². The third-order valence-corrected chi connectivity index (χ3v) is 4.82. The molecule has 4 heteroatoms. The van der Waals surface area contributed by atoms with Crippen molar-refractivity contribution < 1.29 is 0 Å². The molecule has 0 saturated heterocycles. The first-order valence-electron chi connectivity index (χ1n) is 5.78. The van der Waals surface area contributed by atoms with Gasteiger partial charge in [0.25, 0.3) is 0 Å². The van der Waals surface area contributed by atoms with E-state index in [-0.39, 0.29) is 11.1 Å². The number of rotatable bonds is 0. The zero-order valence-corrected chi connectivity index (χ0v) is 9.17. The van der Waals surface area contributed by atoms with Gasteiger partial charge in [0.05, 0.1) is 11.1 Å². The van der Waals surface area contributed by atoms with Crippen molar-refractivity contribution in [1.29, 1.82) is 0 Å². The molecule has 80 valence electrons. The van der Waals surface area contributed by atoms with Crippen LogP contribution in [0.15, 0.2) is 10.2 Å². The van der Waals surface area contributed by atoms with E-state index in [1.807, 2.05) is 0 Å². The van der Waals surface area contributed by atoms with Crippen LogP contribution in [0.2, 0.25) is 0 Å².